The summed E-state index contributed by atoms with van der Waals surface area (Å²) in [5.41, 5.74) is 1.24. The molecule has 2 aromatic rings. The number of hydrogen-bond acceptors (Lipinski definition) is 5. The predicted octanol–water partition coefficient (Wildman–Crippen LogP) is 5.08. The Kier molecular flexibility index (Phi) is 8.85. The van der Waals surface area contributed by atoms with Gasteiger partial charge in [-0.1, -0.05) is 20.8 Å². The van der Waals surface area contributed by atoms with Crippen LogP contribution in [0.2, 0.25) is 18.1 Å². The molecule has 0 aliphatic heterocycles. The summed E-state index contributed by atoms with van der Waals surface area (Å²) in [5, 5.41) is 0. The first kappa shape index (κ1) is 24.3. The van der Waals surface area contributed by atoms with Crippen molar-refractivity contribution >= 4 is 25.6 Å². The van der Waals surface area contributed by atoms with Crippen LogP contribution >= 0.6 is 0 Å². The average Bonchev–Trinajstić information content (AvgIpc) is 3.12. The van der Waals surface area contributed by atoms with Crippen LogP contribution in [0.3, 0.4) is 0 Å². The van der Waals surface area contributed by atoms with Gasteiger partial charge < -0.3 is 18.6 Å². The van der Waals surface area contributed by atoms with Gasteiger partial charge in [0.15, 0.2) is 14.0 Å². The van der Waals surface area contributed by atoms with Crippen LogP contribution in [0.5, 0.6) is 0 Å². The van der Waals surface area contributed by atoms with Gasteiger partial charge in [-0.2, -0.15) is 0 Å². The molecule has 0 fully saturated rings. The lowest BCUT2D eigenvalue weighted by Crippen LogP contribution is -2.42. The van der Waals surface area contributed by atoms with E-state index in [0.29, 0.717) is 19.7 Å². The smallest absolute Gasteiger partial charge is 0.410 e. The van der Waals surface area contributed by atoms with E-state index >= 15 is 0 Å². The van der Waals surface area contributed by atoms with Gasteiger partial charge in [-0.3, -0.25) is 0 Å². The zero-order valence-corrected chi connectivity index (χ0v) is 20.5. The Morgan fingerprint density at radius 3 is 2.47 bits per heavy atom. The molecule has 2 heterocycles. The van der Waals surface area contributed by atoms with E-state index in [9.17, 15) is 4.79 Å². The number of imidazole rings is 1. The summed E-state index contributed by atoms with van der Waals surface area (Å²) in [4.78, 5) is 23.1. The third-order valence-electron chi connectivity index (χ3n) is 5.58. The molecule has 0 aromatic carbocycles. The lowest BCUT2D eigenvalue weighted by molar-refractivity contribution is 0.0219. The first-order valence-electron chi connectivity index (χ1n) is 11.1. The van der Waals surface area contributed by atoms with Crippen molar-refractivity contribution in [1.29, 1.82) is 0 Å². The quantitative estimate of drug-likeness (QED) is 0.461. The maximum atomic E-state index is 12.8. The Balaban J connectivity index is 1.97. The van der Waals surface area contributed by atoms with E-state index < -0.39 is 13.9 Å². The van der Waals surface area contributed by atoms with Gasteiger partial charge in [0.1, 0.15) is 5.60 Å². The highest BCUT2D eigenvalue weighted by atomic mass is 28.4. The molecule has 0 N–H and O–H groups in total. The Hall–Kier alpha value is -1.93. The van der Waals surface area contributed by atoms with Crippen LogP contribution < -0.4 is 0 Å². The van der Waals surface area contributed by atoms with Gasteiger partial charge in [0.25, 0.3) is 0 Å². The van der Waals surface area contributed by atoms with Crippen molar-refractivity contribution in [3.8, 4) is 0 Å². The maximum absolute atomic E-state index is 12.8. The van der Waals surface area contributed by atoms with Crippen molar-refractivity contribution in [3.63, 3.8) is 0 Å². The Morgan fingerprint density at radius 2 is 1.83 bits per heavy atom. The number of carbonyl (C=O) groups is 1. The molecule has 0 aliphatic rings. The minimum atomic E-state index is -1.67. The van der Waals surface area contributed by atoms with Crippen LogP contribution in [0, 0.1) is 0 Å². The summed E-state index contributed by atoms with van der Waals surface area (Å²) in [5.74, 6) is 0. The summed E-state index contributed by atoms with van der Waals surface area (Å²) >= 11 is 0. The number of ether oxygens (including phenoxy) is 1. The van der Waals surface area contributed by atoms with Gasteiger partial charge in [-0.25, -0.2) is 14.8 Å². The molecule has 2 aromatic heterocycles. The number of amides is 1. The largest absolute Gasteiger partial charge is 0.444 e. The molecule has 0 bridgehead atoms. The van der Waals surface area contributed by atoms with E-state index in [4.69, 9.17) is 9.16 Å². The van der Waals surface area contributed by atoms with Crippen molar-refractivity contribution in [2.75, 3.05) is 19.7 Å². The van der Waals surface area contributed by atoms with Crippen LogP contribution in [0.25, 0.3) is 11.2 Å². The number of carbonyl (C=O) groups excluding carboxylic acids is 1. The molecule has 7 nitrogen and oxygen atoms in total. The highest BCUT2D eigenvalue weighted by Gasteiger charge is 2.29. The number of pyridine rings is 1. The first-order chi connectivity index (χ1) is 14.2. The van der Waals surface area contributed by atoms with Gasteiger partial charge >= 0.3 is 6.09 Å². The average molecular weight is 435 g/mol. The van der Waals surface area contributed by atoms with E-state index in [1.54, 1.807) is 11.1 Å². The minimum Gasteiger partial charge on any atom is -0.444 e. The molecule has 8 heteroatoms. The molecule has 168 valence electrons. The van der Waals surface area contributed by atoms with Crippen LogP contribution in [0.1, 0.15) is 48.0 Å². The van der Waals surface area contributed by atoms with Crippen molar-refractivity contribution in [2.24, 2.45) is 0 Å². The van der Waals surface area contributed by atoms with Gasteiger partial charge in [0.05, 0.1) is 18.5 Å². The van der Waals surface area contributed by atoms with Gasteiger partial charge in [-0.15, -0.1) is 0 Å². The van der Waals surface area contributed by atoms with Crippen molar-refractivity contribution in [1.82, 2.24) is 19.4 Å². The monoisotopic (exact) mass is 434 g/mol. The zero-order chi connectivity index (χ0) is 22.2. The van der Waals surface area contributed by atoms with E-state index in [0.717, 1.165) is 42.3 Å². The second-order valence-electron chi connectivity index (χ2n) is 8.70. The highest BCUT2D eigenvalue weighted by Crippen LogP contribution is 2.21. The molecule has 0 saturated heterocycles. The lowest BCUT2D eigenvalue weighted by atomic mass is 10.2. The Morgan fingerprint density at radius 1 is 1.13 bits per heavy atom. The van der Waals surface area contributed by atoms with Crippen molar-refractivity contribution < 1.29 is 14.0 Å². The van der Waals surface area contributed by atoms with Crippen LogP contribution in [0.4, 0.5) is 4.79 Å². The molecule has 0 spiro atoms. The molecular formula is C22H38N4O3Si. The van der Waals surface area contributed by atoms with Gasteiger partial charge in [0, 0.05) is 25.8 Å². The fourth-order valence-electron chi connectivity index (χ4n) is 3.56. The molecule has 0 aliphatic carbocycles. The molecule has 30 heavy (non-hydrogen) atoms. The Bertz CT molecular complexity index is 791. The van der Waals surface area contributed by atoms with Crippen LogP contribution in [-0.2, 0) is 15.7 Å². The van der Waals surface area contributed by atoms with Crippen LogP contribution in [-0.4, -0.2) is 59.1 Å². The van der Waals surface area contributed by atoms with E-state index in [1.807, 2.05) is 39.2 Å². The fraction of sp³-hybridized carbons (Fsp3) is 0.682. The summed E-state index contributed by atoms with van der Waals surface area (Å²) < 4.78 is 14.1. The molecule has 2 rings (SSSR count). The van der Waals surface area contributed by atoms with Crippen LogP contribution in [0.15, 0.2) is 24.7 Å². The van der Waals surface area contributed by atoms with E-state index in [1.165, 1.54) is 0 Å². The molecular weight excluding hydrogens is 396 g/mol. The van der Waals surface area contributed by atoms with Gasteiger partial charge in [0.2, 0.25) is 0 Å². The SMILES string of the molecule is CC[Si](CC)(CC)OCCN(CCCn1cnc2ncccc21)C(=O)OC(C)(C)C. The van der Waals surface area contributed by atoms with Gasteiger partial charge in [-0.05, 0) is 57.5 Å². The van der Waals surface area contributed by atoms with E-state index in [2.05, 4.69) is 35.3 Å². The molecule has 0 saturated carbocycles. The molecule has 0 unspecified atom stereocenters. The van der Waals surface area contributed by atoms with E-state index in [-0.39, 0.29) is 6.09 Å². The summed E-state index contributed by atoms with van der Waals surface area (Å²) in [6, 6.07) is 7.24. The third-order valence-corrected chi connectivity index (χ3v) is 10.3. The number of aromatic nitrogens is 3. The topological polar surface area (TPSA) is 69.5 Å². The number of rotatable bonds is 11. The number of fused-ring (bicyclic) bond motifs is 1. The number of nitrogens with zero attached hydrogens (tertiary/aromatic N) is 4. The first-order valence-corrected chi connectivity index (χ1v) is 13.6. The molecule has 0 radical (unpaired) electrons. The third kappa shape index (κ3) is 6.80. The normalized spacial score (nSPS) is 12.3. The number of hydrogen-bond donors (Lipinski definition) is 0. The lowest BCUT2D eigenvalue weighted by Gasteiger charge is -2.31. The fourth-order valence-corrected chi connectivity index (χ4v) is 6.19. The molecule has 1 amide bonds. The Labute approximate surface area is 181 Å². The second-order valence-corrected chi connectivity index (χ2v) is 13.5. The number of aryl methyl sites for hydroxylation is 1. The maximum Gasteiger partial charge on any atom is 0.410 e. The minimum absolute atomic E-state index is 0.278. The zero-order valence-electron chi connectivity index (χ0n) is 19.5. The molecule has 0 atom stereocenters. The predicted molar refractivity (Wildman–Crippen MR) is 123 cm³/mol. The van der Waals surface area contributed by atoms with Crippen molar-refractivity contribution in [3.05, 3.63) is 24.7 Å². The second kappa shape index (κ2) is 10.9. The summed E-state index contributed by atoms with van der Waals surface area (Å²) in [7, 11) is -1.67. The summed E-state index contributed by atoms with van der Waals surface area (Å²) in [6.07, 6.45) is 4.08. The standard InChI is InChI=1S/C22H38N4O3Si/c1-7-30(8-2,9-3)28-17-16-25(21(27)29-22(4,5)6)14-11-15-26-18-24-20-19(26)12-10-13-23-20/h10,12-13,18H,7-9,11,14-17H2,1-6H3. The van der Waals surface area contributed by atoms with Crippen molar-refractivity contribution in [2.45, 2.75) is 78.2 Å². The highest BCUT2D eigenvalue weighted by molar-refractivity contribution is 6.73. The summed E-state index contributed by atoms with van der Waals surface area (Å²) in [6.45, 7) is 14.8.